The number of thiophene rings is 1. The third-order valence-corrected chi connectivity index (χ3v) is 6.01. The zero-order chi connectivity index (χ0) is 16.4. The van der Waals surface area contributed by atoms with E-state index < -0.39 is 0 Å². The van der Waals surface area contributed by atoms with Gasteiger partial charge in [-0.25, -0.2) is 0 Å². The van der Waals surface area contributed by atoms with Gasteiger partial charge in [0.25, 0.3) is 0 Å². The molecule has 0 amide bonds. The van der Waals surface area contributed by atoms with Gasteiger partial charge in [0.15, 0.2) is 0 Å². The number of rotatable bonds is 3. The highest BCUT2D eigenvalue weighted by molar-refractivity contribution is 7.99. The Morgan fingerprint density at radius 3 is 2.75 bits per heavy atom. The average Bonchev–Trinajstić information content (AvgIpc) is 3.10. The van der Waals surface area contributed by atoms with Crippen LogP contribution in [0, 0.1) is 0 Å². The highest BCUT2D eigenvalue weighted by Crippen LogP contribution is 2.46. The van der Waals surface area contributed by atoms with E-state index in [9.17, 15) is 0 Å². The lowest BCUT2D eigenvalue weighted by Gasteiger charge is -2.13. The first-order valence-electron chi connectivity index (χ1n) is 7.61. The third kappa shape index (κ3) is 3.05. The van der Waals surface area contributed by atoms with E-state index in [0.717, 1.165) is 17.1 Å². The molecule has 3 aromatic rings. The second-order valence-corrected chi connectivity index (χ2v) is 7.49. The number of hydrogen-bond donors (Lipinski definition) is 1. The lowest BCUT2D eigenvalue weighted by atomic mass is 10.1. The normalized spacial score (nSPS) is 16.5. The van der Waals surface area contributed by atoms with Gasteiger partial charge in [0.05, 0.1) is 28.6 Å². The van der Waals surface area contributed by atoms with Crippen molar-refractivity contribution in [3.63, 3.8) is 0 Å². The van der Waals surface area contributed by atoms with E-state index >= 15 is 0 Å². The molecular formula is C19H16N2OS2. The number of methoxy groups -OCH3 is 1. The van der Waals surface area contributed by atoms with Crippen LogP contribution in [0.1, 0.15) is 15.7 Å². The van der Waals surface area contributed by atoms with Gasteiger partial charge in [-0.2, -0.15) is 0 Å². The third-order valence-electron chi connectivity index (χ3n) is 3.85. The van der Waals surface area contributed by atoms with Crippen molar-refractivity contribution in [1.29, 1.82) is 0 Å². The van der Waals surface area contributed by atoms with Gasteiger partial charge in [-0.15, -0.1) is 23.1 Å². The van der Waals surface area contributed by atoms with Gasteiger partial charge in [-0.3, -0.25) is 4.98 Å². The molecule has 3 heterocycles. The number of anilines is 1. The lowest BCUT2D eigenvalue weighted by Crippen LogP contribution is -1.97. The van der Waals surface area contributed by atoms with Gasteiger partial charge in [0, 0.05) is 17.3 Å². The quantitative estimate of drug-likeness (QED) is 0.679. The summed E-state index contributed by atoms with van der Waals surface area (Å²) in [6.45, 7) is 0. The highest BCUT2D eigenvalue weighted by atomic mass is 32.2. The molecule has 1 aromatic carbocycles. The molecule has 0 radical (unpaired) electrons. The summed E-state index contributed by atoms with van der Waals surface area (Å²) < 4.78 is 5.40. The van der Waals surface area contributed by atoms with Gasteiger partial charge in [-0.05, 0) is 53.4 Å². The minimum absolute atomic E-state index is 0.214. The van der Waals surface area contributed by atoms with Crippen molar-refractivity contribution in [3.05, 3.63) is 76.8 Å². The Kier molecular flexibility index (Phi) is 4.28. The Morgan fingerprint density at radius 1 is 1.12 bits per heavy atom. The summed E-state index contributed by atoms with van der Waals surface area (Å²) in [5, 5.41) is 5.91. The lowest BCUT2D eigenvalue weighted by molar-refractivity contribution is 0.414. The largest absolute Gasteiger partial charge is 0.497 e. The van der Waals surface area contributed by atoms with Crippen LogP contribution < -0.4 is 10.1 Å². The van der Waals surface area contributed by atoms with Crippen molar-refractivity contribution in [3.8, 4) is 5.75 Å². The van der Waals surface area contributed by atoms with Gasteiger partial charge in [0.1, 0.15) is 5.75 Å². The van der Waals surface area contributed by atoms with Crippen LogP contribution in [-0.4, -0.2) is 12.1 Å². The fourth-order valence-corrected chi connectivity index (χ4v) is 4.54. The smallest absolute Gasteiger partial charge is 0.120 e. The maximum absolute atomic E-state index is 5.40. The van der Waals surface area contributed by atoms with Crippen LogP contribution >= 0.6 is 23.1 Å². The molecule has 1 unspecified atom stereocenters. The molecule has 1 aliphatic rings. The number of aromatic nitrogens is 1. The fourth-order valence-electron chi connectivity index (χ4n) is 2.63. The first kappa shape index (κ1) is 15.3. The van der Waals surface area contributed by atoms with Crippen molar-refractivity contribution in [2.24, 2.45) is 0 Å². The summed E-state index contributed by atoms with van der Waals surface area (Å²) in [6, 6.07) is 14.5. The second kappa shape index (κ2) is 6.71. The van der Waals surface area contributed by atoms with E-state index in [1.807, 2.05) is 30.2 Å². The molecule has 2 aromatic heterocycles. The standard InChI is InChI=1S/C19H16N2OS2/c1-22-14-4-5-15-19(11-14)24-18(13-6-8-20-9-7-13)12-16(21-15)17-3-2-10-23-17/h2-12,18,21H,1H3. The van der Waals surface area contributed by atoms with Crippen LogP contribution in [0.15, 0.2) is 71.2 Å². The molecule has 0 saturated carbocycles. The Morgan fingerprint density at radius 2 is 2.00 bits per heavy atom. The van der Waals surface area contributed by atoms with Crippen LogP contribution in [-0.2, 0) is 0 Å². The molecule has 1 atom stereocenters. The minimum atomic E-state index is 0.214. The second-order valence-electron chi connectivity index (χ2n) is 5.36. The molecule has 0 fully saturated rings. The summed E-state index contributed by atoms with van der Waals surface area (Å²) >= 11 is 3.56. The summed E-state index contributed by atoms with van der Waals surface area (Å²) in [5.74, 6) is 0.871. The Labute approximate surface area is 149 Å². The molecule has 0 saturated heterocycles. The van der Waals surface area contributed by atoms with Crippen LogP contribution in [0.5, 0.6) is 5.75 Å². The molecule has 1 N–H and O–H groups in total. The van der Waals surface area contributed by atoms with Crippen LogP contribution in [0.25, 0.3) is 5.70 Å². The van der Waals surface area contributed by atoms with Crippen molar-refractivity contribution >= 4 is 34.5 Å². The fraction of sp³-hybridized carbons (Fsp3) is 0.105. The zero-order valence-corrected chi connectivity index (χ0v) is 14.7. The zero-order valence-electron chi connectivity index (χ0n) is 13.1. The summed E-state index contributed by atoms with van der Waals surface area (Å²) in [4.78, 5) is 6.55. The monoisotopic (exact) mass is 352 g/mol. The van der Waals surface area contributed by atoms with E-state index in [2.05, 4.69) is 58.2 Å². The Balaban J connectivity index is 1.81. The van der Waals surface area contributed by atoms with E-state index in [-0.39, 0.29) is 5.25 Å². The van der Waals surface area contributed by atoms with Gasteiger partial charge < -0.3 is 10.1 Å². The van der Waals surface area contributed by atoms with E-state index in [1.165, 1.54) is 15.3 Å². The SMILES string of the molecule is COc1ccc2c(c1)SC(c1ccncc1)C=C(c1cccs1)N2. The average molecular weight is 352 g/mol. The number of hydrogen-bond acceptors (Lipinski definition) is 5. The highest BCUT2D eigenvalue weighted by Gasteiger charge is 2.20. The van der Waals surface area contributed by atoms with E-state index in [0.29, 0.717) is 0 Å². The molecule has 1 aliphatic heterocycles. The molecular weight excluding hydrogens is 336 g/mol. The van der Waals surface area contributed by atoms with Crippen LogP contribution in [0.3, 0.4) is 0 Å². The predicted octanol–water partition coefficient (Wildman–Crippen LogP) is 5.45. The molecule has 5 heteroatoms. The number of fused-ring (bicyclic) bond motifs is 1. The molecule has 120 valence electrons. The van der Waals surface area contributed by atoms with Crippen LogP contribution in [0.2, 0.25) is 0 Å². The molecule has 0 spiro atoms. The molecule has 24 heavy (non-hydrogen) atoms. The van der Waals surface area contributed by atoms with Gasteiger partial charge >= 0.3 is 0 Å². The Bertz CT molecular complexity index is 860. The minimum Gasteiger partial charge on any atom is -0.497 e. The predicted molar refractivity (Wildman–Crippen MR) is 102 cm³/mol. The van der Waals surface area contributed by atoms with Gasteiger partial charge in [0.2, 0.25) is 0 Å². The molecule has 4 rings (SSSR count). The first-order valence-corrected chi connectivity index (χ1v) is 9.37. The maximum Gasteiger partial charge on any atom is 0.120 e. The first-order chi connectivity index (χ1) is 11.8. The van der Waals surface area contributed by atoms with Crippen molar-refractivity contribution < 1.29 is 4.74 Å². The van der Waals surface area contributed by atoms with Crippen LogP contribution in [0.4, 0.5) is 5.69 Å². The van der Waals surface area contributed by atoms with Crippen molar-refractivity contribution in [2.75, 3.05) is 12.4 Å². The number of pyridine rings is 1. The number of benzene rings is 1. The maximum atomic E-state index is 5.40. The number of nitrogens with one attached hydrogen (secondary N) is 1. The summed E-state index contributed by atoms with van der Waals surface area (Å²) in [5.41, 5.74) is 3.49. The van der Waals surface area contributed by atoms with Crippen molar-refractivity contribution in [1.82, 2.24) is 4.98 Å². The number of nitrogens with zero attached hydrogens (tertiary/aromatic N) is 1. The Hall–Kier alpha value is -2.24. The van der Waals surface area contributed by atoms with Gasteiger partial charge in [-0.1, -0.05) is 6.07 Å². The molecule has 0 bridgehead atoms. The van der Waals surface area contributed by atoms with E-state index in [1.54, 1.807) is 18.4 Å². The number of ether oxygens (including phenoxy) is 1. The number of thioether (sulfide) groups is 1. The van der Waals surface area contributed by atoms with Crippen molar-refractivity contribution in [2.45, 2.75) is 10.1 Å². The van der Waals surface area contributed by atoms with E-state index in [4.69, 9.17) is 4.74 Å². The molecule has 3 nitrogen and oxygen atoms in total. The topological polar surface area (TPSA) is 34.1 Å². The summed E-state index contributed by atoms with van der Waals surface area (Å²) in [7, 11) is 1.70. The summed E-state index contributed by atoms with van der Waals surface area (Å²) in [6.07, 6.45) is 5.98. The molecule has 0 aliphatic carbocycles.